The number of benzene rings is 1. The first-order valence-electron chi connectivity index (χ1n) is 9.94. The van der Waals surface area contributed by atoms with Crippen LogP contribution in [0, 0.1) is 18.8 Å². The quantitative estimate of drug-likeness (QED) is 0.766. The van der Waals surface area contributed by atoms with E-state index in [4.69, 9.17) is 4.74 Å². The number of hydrogen-bond donors (Lipinski definition) is 1. The van der Waals surface area contributed by atoms with Gasteiger partial charge in [0.05, 0.1) is 17.9 Å². The van der Waals surface area contributed by atoms with Gasteiger partial charge in [-0.15, -0.1) is 0 Å². The van der Waals surface area contributed by atoms with Crippen molar-refractivity contribution in [1.29, 1.82) is 0 Å². The van der Waals surface area contributed by atoms with Crippen LogP contribution in [0.3, 0.4) is 0 Å². The highest BCUT2D eigenvalue weighted by Gasteiger charge is 2.28. The molecule has 1 amide bonds. The van der Waals surface area contributed by atoms with Gasteiger partial charge in [-0.25, -0.2) is 9.97 Å². The summed E-state index contributed by atoms with van der Waals surface area (Å²) in [6.07, 6.45) is 2.82. The zero-order valence-electron chi connectivity index (χ0n) is 17.2. The maximum absolute atomic E-state index is 13.3. The topological polar surface area (TPSA) is 67.3 Å². The molecule has 0 spiro atoms. The molecule has 3 rings (SSSR count). The molecule has 0 saturated carbocycles. The summed E-state index contributed by atoms with van der Waals surface area (Å²) in [5.41, 5.74) is 3.29. The van der Waals surface area contributed by atoms with Gasteiger partial charge in [0.2, 0.25) is 5.95 Å². The molecule has 2 aromatic rings. The minimum atomic E-state index is 0. The number of nitrogens with one attached hydrogen (secondary N) is 1. The smallest absolute Gasteiger partial charge is 0.257 e. The predicted molar refractivity (Wildman–Crippen MR) is 114 cm³/mol. The number of nitrogens with zero attached hydrogens (tertiary/aromatic N) is 3. The second kappa shape index (κ2) is 9.15. The lowest BCUT2D eigenvalue weighted by molar-refractivity contribution is 0.0623. The molecule has 0 bridgehead atoms. The zero-order chi connectivity index (χ0) is 20.1. The first-order valence-corrected chi connectivity index (χ1v) is 9.94. The number of amides is 1. The average molecular weight is 385 g/mol. The van der Waals surface area contributed by atoms with E-state index in [2.05, 4.69) is 35.2 Å². The molecule has 1 aromatic heterocycles. The number of anilines is 1. The summed E-state index contributed by atoms with van der Waals surface area (Å²) >= 11 is 0. The molecule has 1 saturated heterocycles. The third-order valence-electron chi connectivity index (χ3n) is 5.06. The Hall–Kier alpha value is -2.47. The zero-order valence-corrected chi connectivity index (χ0v) is 17.2. The van der Waals surface area contributed by atoms with Crippen molar-refractivity contribution in [1.82, 2.24) is 14.9 Å². The number of hydrogen-bond acceptors (Lipinski definition) is 5. The summed E-state index contributed by atoms with van der Waals surface area (Å²) < 4.78 is 5.08. The summed E-state index contributed by atoms with van der Waals surface area (Å²) in [7, 11) is 1.66. The van der Waals surface area contributed by atoms with E-state index in [-0.39, 0.29) is 7.33 Å². The number of piperidine rings is 1. The second-order valence-corrected chi connectivity index (χ2v) is 7.90. The van der Waals surface area contributed by atoms with Crippen molar-refractivity contribution in [3.8, 4) is 11.3 Å². The van der Waals surface area contributed by atoms with Crippen LogP contribution < -0.4 is 5.32 Å². The molecule has 2 unspecified atom stereocenters. The molecular formula is C22H32N4O2. The van der Waals surface area contributed by atoms with Crippen LogP contribution in [0.2, 0.25) is 0 Å². The number of carbonyl (C=O) groups is 1. The number of aryl methyl sites for hydroxylation is 1. The SMILES string of the molecule is COCCNc1ncc(C(=O)N2CC(C)CC(C)C2)c(-c2cccc(C)c2)n1.[HH]. The second-order valence-electron chi connectivity index (χ2n) is 7.90. The Bertz CT molecular complexity index is 820. The van der Waals surface area contributed by atoms with E-state index in [1.54, 1.807) is 13.3 Å². The monoisotopic (exact) mass is 384 g/mol. The van der Waals surface area contributed by atoms with Crippen LogP contribution in [0.25, 0.3) is 11.3 Å². The molecule has 6 heteroatoms. The molecule has 0 aliphatic carbocycles. The van der Waals surface area contributed by atoms with Crippen LogP contribution >= 0.6 is 0 Å². The Labute approximate surface area is 168 Å². The fourth-order valence-corrected chi connectivity index (χ4v) is 3.90. The summed E-state index contributed by atoms with van der Waals surface area (Å²) in [4.78, 5) is 24.4. The van der Waals surface area contributed by atoms with Gasteiger partial charge in [0.1, 0.15) is 0 Å². The van der Waals surface area contributed by atoms with Crippen LogP contribution in [0.15, 0.2) is 30.5 Å². The van der Waals surface area contributed by atoms with Gasteiger partial charge in [-0.1, -0.05) is 37.6 Å². The highest BCUT2D eigenvalue weighted by atomic mass is 16.5. The van der Waals surface area contributed by atoms with E-state index < -0.39 is 0 Å². The molecule has 28 heavy (non-hydrogen) atoms. The fraction of sp³-hybridized carbons (Fsp3) is 0.500. The van der Waals surface area contributed by atoms with Gasteiger partial charge in [-0.3, -0.25) is 4.79 Å². The van der Waals surface area contributed by atoms with Crippen molar-refractivity contribution in [3.05, 3.63) is 41.6 Å². The third kappa shape index (κ3) is 4.87. The van der Waals surface area contributed by atoms with Gasteiger partial charge >= 0.3 is 0 Å². The Morgan fingerprint density at radius 1 is 1.32 bits per heavy atom. The standard InChI is InChI=1S/C22H30N4O2.H2/c1-15-6-5-7-18(11-15)20-19(12-24-22(25-20)23-8-9-28-4)21(27)26-13-16(2)10-17(3)14-26;/h5-7,11-12,16-17H,8-10,13-14H2,1-4H3,(H,23,24,25);1H. The Kier molecular flexibility index (Phi) is 6.62. The van der Waals surface area contributed by atoms with Crippen molar-refractivity contribution >= 4 is 11.9 Å². The molecular weight excluding hydrogens is 352 g/mol. The molecule has 1 N–H and O–H groups in total. The Morgan fingerprint density at radius 2 is 2.07 bits per heavy atom. The largest absolute Gasteiger partial charge is 0.383 e. The lowest BCUT2D eigenvalue weighted by Gasteiger charge is -2.35. The number of aromatic nitrogens is 2. The summed E-state index contributed by atoms with van der Waals surface area (Å²) in [6, 6.07) is 8.08. The van der Waals surface area contributed by atoms with E-state index in [9.17, 15) is 4.79 Å². The maximum atomic E-state index is 13.3. The van der Waals surface area contributed by atoms with Gasteiger partial charge in [0.25, 0.3) is 5.91 Å². The van der Waals surface area contributed by atoms with Crippen molar-refractivity contribution in [3.63, 3.8) is 0 Å². The normalized spacial score (nSPS) is 19.5. The first kappa shape index (κ1) is 20.3. The fourth-order valence-electron chi connectivity index (χ4n) is 3.90. The molecule has 6 nitrogen and oxygen atoms in total. The number of ether oxygens (including phenoxy) is 1. The van der Waals surface area contributed by atoms with Crippen LogP contribution in [0.1, 0.15) is 37.6 Å². The van der Waals surface area contributed by atoms with E-state index in [0.29, 0.717) is 42.2 Å². The number of carbonyl (C=O) groups excluding carboxylic acids is 1. The first-order chi connectivity index (χ1) is 13.5. The molecule has 1 aromatic carbocycles. The molecule has 2 heterocycles. The van der Waals surface area contributed by atoms with Crippen molar-refractivity contribution in [2.75, 3.05) is 38.7 Å². The number of rotatable bonds is 6. The van der Waals surface area contributed by atoms with Crippen molar-refractivity contribution in [2.24, 2.45) is 11.8 Å². The number of likely N-dealkylation sites (tertiary alicyclic amines) is 1. The van der Waals surface area contributed by atoms with Gasteiger partial charge in [0, 0.05) is 39.9 Å². The molecule has 1 fully saturated rings. The minimum Gasteiger partial charge on any atom is -0.383 e. The Balaban J connectivity index is 0.00000300. The van der Waals surface area contributed by atoms with Crippen molar-refractivity contribution in [2.45, 2.75) is 27.2 Å². The highest BCUT2D eigenvalue weighted by Crippen LogP contribution is 2.27. The average Bonchev–Trinajstić information content (AvgIpc) is 2.67. The minimum absolute atomic E-state index is 0. The van der Waals surface area contributed by atoms with Gasteiger partial charge in [-0.2, -0.15) is 0 Å². The molecule has 1 aliphatic rings. The van der Waals surface area contributed by atoms with Crippen LogP contribution in [-0.4, -0.2) is 54.1 Å². The maximum Gasteiger partial charge on any atom is 0.257 e. The Morgan fingerprint density at radius 3 is 2.75 bits per heavy atom. The van der Waals surface area contributed by atoms with E-state index >= 15 is 0 Å². The lowest BCUT2D eigenvalue weighted by atomic mass is 9.91. The molecule has 0 radical (unpaired) electrons. The van der Waals surface area contributed by atoms with Gasteiger partial charge in [-0.05, 0) is 31.2 Å². The lowest BCUT2D eigenvalue weighted by Crippen LogP contribution is -2.42. The van der Waals surface area contributed by atoms with Crippen LogP contribution in [0.5, 0.6) is 0 Å². The summed E-state index contributed by atoms with van der Waals surface area (Å²) in [5, 5.41) is 3.16. The van der Waals surface area contributed by atoms with E-state index in [0.717, 1.165) is 30.6 Å². The van der Waals surface area contributed by atoms with Gasteiger partial charge < -0.3 is 15.0 Å². The highest BCUT2D eigenvalue weighted by molar-refractivity contribution is 6.00. The summed E-state index contributed by atoms with van der Waals surface area (Å²) in [5.74, 6) is 1.53. The molecule has 2 atom stereocenters. The van der Waals surface area contributed by atoms with Crippen LogP contribution in [-0.2, 0) is 4.74 Å². The summed E-state index contributed by atoms with van der Waals surface area (Å²) in [6.45, 7) is 9.19. The predicted octanol–water partition coefficient (Wildman–Crippen LogP) is 3.87. The van der Waals surface area contributed by atoms with Crippen LogP contribution in [0.4, 0.5) is 5.95 Å². The van der Waals surface area contributed by atoms with Crippen molar-refractivity contribution < 1.29 is 11.0 Å². The van der Waals surface area contributed by atoms with E-state index in [1.165, 1.54) is 0 Å². The molecule has 152 valence electrons. The van der Waals surface area contributed by atoms with Gasteiger partial charge in [0.15, 0.2) is 0 Å². The third-order valence-corrected chi connectivity index (χ3v) is 5.06. The molecule has 1 aliphatic heterocycles. The van der Waals surface area contributed by atoms with E-state index in [1.807, 2.05) is 30.0 Å². The number of methoxy groups -OCH3 is 1.